The maximum Gasteiger partial charge on any atom is 0.224 e. The molecule has 0 spiro atoms. The van der Waals surface area contributed by atoms with Crippen LogP contribution in [0.2, 0.25) is 0 Å². The molecule has 1 aromatic rings. The van der Waals surface area contributed by atoms with E-state index in [9.17, 15) is 0 Å². The predicted octanol–water partition coefficient (Wildman–Crippen LogP) is 2.45. The van der Waals surface area contributed by atoms with Crippen molar-refractivity contribution in [3.63, 3.8) is 0 Å². The Hall–Kier alpha value is -1.36. The molecule has 2 N–H and O–H groups in total. The van der Waals surface area contributed by atoms with Gasteiger partial charge in [0.25, 0.3) is 0 Å². The number of anilines is 2. The first-order valence-corrected chi connectivity index (χ1v) is 6.58. The fourth-order valence-electron chi connectivity index (χ4n) is 1.52. The first kappa shape index (κ1) is 14.7. The number of hydrogen-bond donors (Lipinski definition) is 2. The van der Waals surface area contributed by atoms with Gasteiger partial charge < -0.3 is 15.4 Å². The molecule has 0 unspecified atom stereocenters. The zero-order valence-electron chi connectivity index (χ0n) is 11.6. The van der Waals surface area contributed by atoms with Crippen molar-refractivity contribution in [1.82, 2.24) is 9.97 Å². The molecule has 18 heavy (non-hydrogen) atoms. The van der Waals surface area contributed by atoms with Crippen LogP contribution in [0.4, 0.5) is 11.8 Å². The smallest absolute Gasteiger partial charge is 0.224 e. The van der Waals surface area contributed by atoms with Gasteiger partial charge in [-0.15, -0.1) is 0 Å². The lowest BCUT2D eigenvalue weighted by molar-refractivity contribution is 0.194. The van der Waals surface area contributed by atoms with Gasteiger partial charge >= 0.3 is 0 Å². The van der Waals surface area contributed by atoms with E-state index in [4.69, 9.17) is 4.74 Å². The standard InChI is InChI=1S/C13H24N4O/c1-4-7-15-13-16-10-11(2)12(17-13)14-8-5-6-9-18-3/h10H,4-9H2,1-3H3,(H2,14,15,16,17). The fourth-order valence-corrected chi connectivity index (χ4v) is 1.52. The highest BCUT2D eigenvalue weighted by atomic mass is 16.5. The summed E-state index contributed by atoms with van der Waals surface area (Å²) in [6.07, 6.45) is 5.06. The molecular formula is C13H24N4O. The average molecular weight is 252 g/mol. The number of nitrogens with one attached hydrogen (secondary N) is 2. The summed E-state index contributed by atoms with van der Waals surface area (Å²) in [4.78, 5) is 8.71. The number of unbranched alkanes of at least 4 members (excludes halogenated alkanes) is 1. The third-order valence-electron chi connectivity index (χ3n) is 2.57. The third kappa shape index (κ3) is 5.31. The summed E-state index contributed by atoms with van der Waals surface area (Å²) in [5.74, 6) is 1.61. The van der Waals surface area contributed by atoms with E-state index < -0.39 is 0 Å². The summed E-state index contributed by atoms with van der Waals surface area (Å²) in [7, 11) is 1.73. The molecule has 0 saturated heterocycles. The van der Waals surface area contributed by atoms with Gasteiger partial charge in [0.1, 0.15) is 5.82 Å². The van der Waals surface area contributed by atoms with Crippen LogP contribution in [-0.2, 0) is 4.74 Å². The molecule has 0 bridgehead atoms. The molecule has 102 valence electrons. The van der Waals surface area contributed by atoms with Crippen LogP contribution in [0.5, 0.6) is 0 Å². The average Bonchev–Trinajstić information content (AvgIpc) is 2.39. The predicted molar refractivity (Wildman–Crippen MR) is 75.1 cm³/mol. The van der Waals surface area contributed by atoms with Crippen LogP contribution >= 0.6 is 0 Å². The molecule has 0 atom stereocenters. The molecule has 0 aliphatic heterocycles. The Balaban J connectivity index is 2.42. The Morgan fingerprint density at radius 2 is 2.06 bits per heavy atom. The number of methoxy groups -OCH3 is 1. The minimum atomic E-state index is 0.696. The quantitative estimate of drug-likeness (QED) is 0.661. The molecule has 0 saturated carbocycles. The maximum absolute atomic E-state index is 5.02. The monoisotopic (exact) mass is 252 g/mol. The van der Waals surface area contributed by atoms with Crippen LogP contribution in [0, 0.1) is 6.92 Å². The van der Waals surface area contributed by atoms with Gasteiger partial charge in [-0.05, 0) is 26.2 Å². The first-order valence-electron chi connectivity index (χ1n) is 6.58. The van der Waals surface area contributed by atoms with Gasteiger partial charge in [0.15, 0.2) is 0 Å². The number of rotatable bonds is 9. The van der Waals surface area contributed by atoms with E-state index in [-0.39, 0.29) is 0 Å². The SMILES string of the molecule is CCCNc1ncc(C)c(NCCCCOC)n1. The van der Waals surface area contributed by atoms with Crippen molar-refractivity contribution in [1.29, 1.82) is 0 Å². The maximum atomic E-state index is 5.02. The molecule has 0 fully saturated rings. The van der Waals surface area contributed by atoms with E-state index in [0.717, 1.165) is 50.3 Å². The van der Waals surface area contributed by atoms with E-state index in [0.29, 0.717) is 5.95 Å². The Morgan fingerprint density at radius 3 is 2.78 bits per heavy atom. The Labute approximate surface area is 109 Å². The molecule has 1 rings (SSSR count). The second-order valence-corrected chi connectivity index (χ2v) is 4.28. The van der Waals surface area contributed by atoms with Crippen LogP contribution < -0.4 is 10.6 Å². The van der Waals surface area contributed by atoms with Crippen LogP contribution in [-0.4, -0.2) is 36.8 Å². The Morgan fingerprint density at radius 1 is 1.22 bits per heavy atom. The van der Waals surface area contributed by atoms with E-state index in [2.05, 4.69) is 27.5 Å². The van der Waals surface area contributed by atoms with Crippen molar-refractivity contribution in [3.8, 4) is 0 Å². The normalized spacial score (nSPS) is 10.4. The summed E-state index contributed by atoms with van der Waals surface area (Å²) in [5, 5.41) is 6.53. The van der Waals surface area contributed by atoms with Crippen molar-refractivity contribution in [2.45, 2.75) is 33.1 Å². The molecule has 0 aliphatic carbocycles. The largest absolute Gasteiger partial charge is 0.385 e. The Bertz CT molecular complexity index is 344. The third-order valence-corrected chi connectivity index (χ3v) is 2.57. The van der Waals surface area contributed by atoms with Gasteiger partial charge in [0, 0.05) is 38.6 Å². The number of ether oxygens (including phenoxy) is 1. The number of aromatic nitrogens is 2. The summed E-state index contributed by atoms with van der Waals surface area (Å²) >= 11 is 0. The van der Waals surface area contributed by atoms with E-state index in [1.165, 1.54) is 0 Å². The summed E-state index contributed by atoms with van der Waals surface area (Å²) in [6.45, 7) is 6.76. The number of hydrogen-bond acceptors (Lipinski definition) is 5. The second-order valence-electron chi connectivity index (χ2n) is 4.28. The lowest BCUT2D eigenvalue weighted by Gasteiger charge is -2.10. The second kappa shape index (κ2) is 8.69. The van der Waals surface area contributed by atoms with Crippen molar-refractivity contribution >= 4 is 11.8 Å². The number of aryl methyl sites for hydroxylation is 1. The molecule has 0 aliphatic rings. The van der Waals surface area contributed by atoms with Crippen molar-refractivity contribution in [3.05, 3.63) is 11.8 Å². The minimum Gasteiger partial charge on any atom is -0.385 e. The minimum absolute atomic E-state index is 0.696. The van der Waals surface area contributed by atoms with Gasteiger partial charge in [0.05, 0.1) is 0 Å². The van der Waals surface area contributed by atoms with Crippen LogP contribution in [0.15, 0.2) is 6.20 Å². The van der Waals surface area contributed by atoms with Gasteiger partial charge in [-0.1, -0.05) is 6.92 Å². The molecule has 5 heteroatoms. The van der Waals surface area contributed by atoms with Crippen LogP contribution in [0.3, 0.4) is 0 Å². The molecule has 1 aromatic heterocycles. The fraction of sp³-hybridized carbons (Fsp3) is 0.692. The molecule has 0 radical (unpaired) electrons. The lowest BCUT2D eigenvalue weighted by atomic mass is 10.3. The van der Waals surface area contributed by atoms with Gasteiger partial charge in [0.2, 0.25) is 5.95 Å². The Kier molecular flexibility index (Phi) is 7.10. The number of nitrogens with zero attached hydrogens (tertiary/aromatic N) is 2. The van der Waals surface area contributed by atoms with Crippen LogP contribution in [0.25, 0.3) is 0 Å². The van der Waals surface area contributed by atoms with Gasteiger partial charge in [-0.25, -0.2) is 4.98 Å². The van der Waals surface area contributed by atoms with E-state index >= 15 is 0 Å². The van der Waals surface area contributed by atoms with Crippen LogP contribution in [0.1, 0.15) is 31.7 Å². The summed E-state index contributed by atoms with van der Waals surface area (Å²) in [5.41, 5.74) is 1.07. The van der Waals surface area contributed by atoms with E-state index in [1.54, 1.807) is 7.11 Å². The van der Waals surface area contributed by atoms with Crippen molar-refractivity contribution < 1.29 is 4.74 Å². The lowest BCUT2D eigenvalue weighted by Crippen LogP contribution is -2.10. The topological polar surface area (TPSA) is 59.1 Å². The first-order chi connectivity index (χ1) is 8.77. The van der Waals surface area contributed by atoms with Crippen molar-refractivity contribution in [2.75, 3.05) is 37.4 Å². The van der Waals surface area contributed by atoms with Gasteiger partial charge in [-0.2, -0.15) is 4.98 Å². The zero-order chi connectivity index (χ0) is 13.2. The van der Waals surface area contributed by atoms with Gasteiger partial charge in [-0.3, -0.25) is 0 Å². The highest BCUT2D eigenvalue weighted by Crippen LogP contribution is 2.12. The molecular weight excluding hydrogens is 228 g/mol. The molecule has 5 nitrogen and oxygen atoms in total. The van der Waals surface area contributed by atoms with E-state index in [1.807, 2.05) is 13.1 Å². The summed E-state index contributed by atoms with van der Waals surface area (Å²) in [6, 6.07) is 0. The highest BCUT2D eigenvalue weighted by molar-refractivity contribution is 5.46. The highest BCUT2D eigenvalue weighted by Gasteiger charge is 2.02. The molecule has 0 aromatic carbocycles. The zero-order valence-corrected chi connectivity index (χ0v) is 11.6. The molecule has 0 amide bonds. The molecule has 1 heterocycles. The summed E-state index contributed by atoms with van der Waals surface area (Å²) < 4.78 is 5.02. The van der Waals surface area contributed by atoms with Crippen molar-refractivity contribution in [2.24, 2.45) is 0 Å².